The fourth-order valence-electron chi connectivity index (χ4n) is 3.12. The Balaban J connectivity index is 2.12. The lowest BCUT2D eigenvalue weighted by Crippen LogP contribution is -2.37. The van der Waals surface area contributed by atoms with Crippen LogP contribution in [0.25, 0.3) is 22.2 Å². The lowest BCUT2D eigenvalue weighted by molar-refractivity contribution is 0.0515. The van der Waals surface area contributed by atoms with Gasteiger partial charge in [-0.1, -0.05) is 23.7 Å². The average Bonchev–Trinajstić information content (AvgIpc) is 3.04. The second-order valence-electron chi connectivity index (χ2n) is 6.06. The third kappa shape index (κ3) is 4.38. The van der Waals surface area contributed by atoms with Gasteiger partial charge in [-0.15, -0.1) is 0 Å². The molecule has 0 unspecified atom stereocenters. The number of rotatable bonds is 7. The molecule has 3 aromatic rings. The minimum absolute atomic E-state index is 0.00481. The fourth-order valence-corrected chi connectivity index (χ4v) is 3.25. The van der Waals surface area contributed by atoms with Crippen molar-refractivity contribution in [3.8, 4) is 11.1 Å². The van der Waals surface area contributed by atoms with Crippen LogP contribution >= 0.6 is 11.6 Å². The summed E-state index contributed by atoms with van der Waals surface area (Å²) in [7, 11) is 0. The van der Waals surface area contributed by atoms with Crippen molar-refractivity contribution in [1.29, 1.82) is 10.8 Å². The maximum absolute atomic E-state index is 12.9. The predicted molar refractivity (Wildman–Crippen MR) is 114 cm³/mol. The Labute approximate surface area is 172 Å². The zero-order valence-electron chi connectivity index (χ0n) is 15.8. The van der Waals surface area contributed by atoms with E-state index in [-0.39, 0.29) is 12.6 Å². The molecule has 0 aliphatic heterocycles. The number of benzene rings is 1. The van der Waals surface area contributed by atoms with Crippen molar-refractivity contribution in [2.24, 2.45) is 0 Å². The summed E-state index contributed by atoms with van der Waals surface area (Å²) in [6.45, 7) is 2.77. The Hall–Kier alpha value is -3.39. The van der Waals surface area contributed by atoms with Gasteiger partial charge in [0.2, 0.25) is 0 Å². The Morgan fingerprint density at radius 3 is 2.76 bits per heavy atom. The summed E-state index contributed by atoms with van der Waals surface area (Å²) in [5, 5.41) is 20.6. The number of guanidine groups is 1. The average molecular weight is 413 g/mol. The van der Waals surface area contributed by atoms with Gasteiger partial charge in [-0.3, -0.25) is 15.8 Å². The van der Waals surface area contributed by atoms with Crippen LogP contribution in [0.15, 0.2) is 42.6 Å². The van der Waals surface area contributed by atoms with Crippen molar-refractivity contribution in [2.75, 3.05) is 13.2 Å². The number of halogens is 1. The van der Waals surface area contributed by atoms with Gasteiger partial charge < -0.3 is 19.9 Å². The third-order valence-electron chi connectivity index (χ3n) is 4.28. The van der Waals surface area contributed by atoms with E-state index in [1.165, 1.54) is 0 Å². The molecule has 4 N–H and O–H groups in total. The van der Waals surface area contributed by atoms with E-state index in [2.05, 4.69) is 15.6 Å². The van der Waals surface area contributed by atoms with Gasteiger partial charge in [-0.05, 0) is 36.8 Å². The van der Waals surface area contributed by atoms with Crippen LogP contribution in [0.2, 0.25) is 5.02 Å². The van der Waals surface area contributed by atoms with Gasteiger partial charge in [-0.2, -0.15) is 0 Å². The summed E-state index contributed by atoms with van der Waals surface area (Å²) >= 11 is 6.04. The summed E-state index contributed by atoms with van der Waals surface area (Å²) in [5.41, 5.74) is 3.37. The standard InChI is InChI=1S/C20H21ClN6O2/c1-2-29-19(28)18-16(13-5-7-14(21)8-6-13)17-15(4-3-9-24-17)27(18)11-10-25-20(23)26-12-22/h3-9,12H,2,10-11H2,1H3,(H4,22,23,25,26). The molecule has 29 heavy (non-hydrogen) atoms. The van der Waals surface area contributed by atoms with Gasteiger partial charge in [0, 0.05) is 29.9 Å². The topological polar surface area (TPSA) is 116 Å². The molecule has 8 nitrogen and oxygen atoms in total. The Bertz CT molecular complexity index is 1050. The van der Waals surface area contributed by atoms with E-state index in [0.29, 0.717) is 34.9 Å². The molecule has 0 saturated carbocycles. The van der Waals surface area contributed by atoms with Crippen LogP contribution in [0.5, 0.6) is 0 Å². The maximum Gasteiger partial charge on any atom is 0.355 e. The number of hydrogen-bond donors (Lipinski definition) is 4. The number of fused-ring (bicyclic) bond motifs is 1. The van der Waals surface area contributed by atoms with Gasteiger partial charge in [-0.25, -0.2) is 4.79 Å². The number of nitrogens with one attached hydrogen (secondary N) is 4. The Kier molecular flexibility index (Phi) is 6.46. The first-order valence-corrected chi connectivity index (χ1v) is 9.42. The van der Waals surface area contributed by atoms with E-state index in [4.69, 9.17) is 27.2 Å². The molecule has 0 atom stereocenters. The summed E-state index contributed by atoms with van der Waals surface area (Å²) in [5.74, 6) is -0.437. The van der Waals surface area contributed by atoms with E-state index < -0.39 is 5.97 Å². The SMILES string of the molecule is CCOC(=O)c1c(-c2ccc(Cl)cc2)c2ncccc2n1CCNC(=N)NC=N. The van der Waals surface area contributed by atoms with E-state index in [9.17, 15) is 4.79 Å². The van der Waals surface area contributed by atoms with Gasteiger partial charge >= 0.3 is 5.97 Å². The molecule has 0 bridgehead atoms. The normalized spacial score (nSPS) is 10.6. The molecule has 0 fully saturated rings. The third-order valence-corrected chi connectivity index (χ3v) is 4.53. The molecule has 0 amide bonds. The van der Waals surface area contributed by atoms with Crippen LogP contribution in [0.3, 0.4) is 0 Å². The second kappa shape index (κ2) is 9.20. The van der Waals surface area contributed by atoms with E-state index in [0.717, 1.165) is 17.4 Å². The minimum atomic E-state index is -0.442. The van der Waals surface area contributed by atoms with Crippen molar-refractivity contribution in [2.45, 2.75) is 13.5 Å². The molecule has 9 heteroatoms. The highest BCUT2D eigenvalue weighted by molar-refractivity contribution is 6.30. The number of esters is 1. The quantitative estimate of drug-likeness (QED) is 0.270. The zero-order valence-corrected chi connectivity index (χ0v) is 16.6. The molecule has 0 saturated heterocycles. The van der Waals surface area contributed by atoms with Crippen molar-refractivity contribution >= 4 is 40.9 Å². The van der Waals surface area contributed by atoms with Crippen LogP contribution in [0, 0.1) is 10.8 Å². The lowest BCUT2D eigenvalue weighted by Gasteiger charge is -2.13. The highest BCUT2D eigenvalue weighted by atomic mass is 35.5. The number of nitrogens with zero attached hydrogens (tertiary/aromatic N) is 2. The molecule has 1 aromatic carbocycles. The van der Waals surface area contributed by atoms with Gasteiger partial charge in [0.05, 0.1) is 24.0 Å². The maximum atomic E-state index is 12.9. The fraction of sp³-hybridized carbons (Fsp3) is 0.200. The van der Waals surface area contributed by atoms with E-state index >= 15 is 0 Å². The van der Waals surface area contributed by atoms with Crippen molar-refractivity contribution in [3.63, 3.8) is 0 Å². The number of pyridine rings is 1. The minimum Gasteiger partial charge on any atom is -0.461 e. The molecule has 0 spiro atoms. The molecule has 0 aliphatic carbocycles. The van der Waals surface area contributed by atoms with Gasteiger partial charge in [0.15, 0.2) is 5.96 Å². The molecular formula is C20H21ClN6O2. The highest BCUT2D eigenvalue weighted by Gasteiger charge is 2.25. The van der Waals surface area contributed by atoms with Crippen LogP contribution < -0.4 is 10.6 Å². The Morgan fingerprint density at radius 2 is 2.07 bits per heavy atom. The van der Waals surface area contributed by atoms with Crippen molar-refractivity contribution < 1.29 is 9.53 Å². The van der Waals surface area contributed by atoms with Crippen LogP contribution in [-0.2, 0) is 11.3 Å². The first kappa shape index (κ1) is 20.3. The van der Waals surface area contributed by atoms with Crippen LogP contribution in [-0.4, -0.2) is 41.0 Å². The first-order chi connectivity index (χ1) is 14.1. The molecule has 2 aromatic heterocycles. The van der Waals surface area contributed by atoms with Gasteiger partial charge in [0.25, 0.3) is 0 Å². The predicted octanol–water partition coefficient (Wildman–Crippen LogP) is 3.25. The van der Waals surface area contributed by atoms with E-state index in [1.54, 1.807) is 25.3 Å². The molecular weight excluding hydrogens is 392 g/mol. The molecule has 150 valence electrons. The van der Waals surface area contributed by atoms with Crippen LogP contribution in [0.4, 0.5) is 0 Å². The number of aromatic nitrogens is 2. The van der Waals surface area contributed by atoms with Crippen molar-refractivity contribution in [1.82, 2.24) is 20.2 Å². The second-order valence-corrected chi connectivity index (χ2v) is 6.50. The number of ether oxygens (including phenoxy) is 1. The molecule has 2 heterocycles. The smallest absolute Gasteiger partial charge is 0.355 e. The molecule has 0 aliphatic rings. The summed E-state index contributed by atoms with van der Waals surface area (Å²) < 4.78 is 7.17. The molecule has 0 radical (unpaired) electrons. The number of carbonyl (C=O) groups excluding carboxylic acids is 1. The largest absolute Gasteiger partial charge is 0.461 e. The van der Waals surface area contributed by atoms with Crippen molar-refractivity contribution in [3.05, 3.63) is 53.3 Å². The Morgan fingerprint density at radius 1 is 1.31 bits per heavy atom. The highest BCUT2D eigenvalue weighted by Crippen LogP contribution is 2.34. The number of carbonyl (C=O) groups is 1. The van der Waals surface area contributed by atoms with E-state index in [1.807, 2.05) is 28.8 Å². The summed E-state index contributed by atoms with van der Waals surface area (Å²) in [6, 6.07) is 10.9. The summed E-state index contributed by atoms with van der Waals surface area (Å²) in [6.07, 6.45) is 2.61. The van der Waals surface area contributed by atoms with Crippen LogP contribution in [0.1, 0.15) is 17.4 Å². The van der Waals surface area contributed by atoms with Gasteiger partial charge in [0.1, 0.15) is 5.69 Å². The monoisotopic (exact) mass is 412 g/mol. The first-order valence-electron chi connectivity index (χ1n) is 9.05. The number of hydrogen-bond acceptors (Lipinski definition) is 5. The molecule has 3 rings (SSSR count). The lowest BCUT2D eigenvalue weighted by atomic mass is 10.0. The summed E-state index contributed by atoms with van der Waals surface area (Å²) in [4.78, 5) is 17.4. The zero-order chi connectivity index (χ0) is 20.8.